The van der Waals surface area contributed by atoms with Crippen molar-refractivity contribution in [2.24, 2.45) is 7.05 Å². The van der Waals surface area contributed by atoms with E-state index in [1.807, 2.05) is 17.8 Å². The molecule has 0 radical (unpaired) electrons. The molecule has 134 valence electrons. The zero-order valence-corrected chi connectivity index (χ0v) is 15.9. The van der Waals surface area contributed by atoms with Crippen LogP contribution in [0.5, 0.6) is 0 Å². The number of rotatable bonds is 2. The van der Waals surface area contributed by atoms with Crippen molar-refractivity contribution >= 4 is 21.5 Å². The van der Waals surface area contributed by atoms with Gasteiger partial charge in [-0.05, 0) is 56.3 Å². The zero-order chi connectivity index (χ0) is 19.1. The molecule has 0 aliphatic rings. The smallest absolute Gasteiger partial charge is 0.229 e. The SMILES string of the molecule is Cc1ccc(-c2cccc3c2ccc2ccccc23)cc1-c1cnnc[n+]1C. The van der Waals surface area contributed by atoms with Crippen molar-refractivity contribution in [2.75, 3.05) is 0 Å². The second-order valence-corrected chi connectivity index (χ2v) is 7.19. The Balaban J connectivity index is 1.76. The molecule has 0 fully saturated rings. The van der Waals surface area contributed by atoms with Crippen molar-refractivity contribution in [1.82, 2.24) is 10.2 Å². The van der Waals surface area contributed by atoms with Crippen molar-refractivity contribution in [3.63, 3.8) is 0 Å². The van der Waals surface area contributed by atoms with Crippen molar-refractivity contribution in [3.8, 4) is 22.4 Å². The van der Waals surface area contributed by atoms with E-state index >= 15 is 0 Å². The van der Waals surface area contributed by atoms with Gasteiger partial charge in [-0.15, -0.1) is 0 Å². The molecule has 0 aliphatic heterocycles. The number of nitrogens with zero attached hydrogens (tertiary/aromatic N) is 3. The van der Waals surface area contributed by atoms with Crippen LogP contribution in [0.25, 0.3) is 43.9 Å². The summed E-state index contributed by atoms with van der Waals surface area (Å²) in [5.41, 5.74) is 5.90. The van der Waals surface area contributed by atoms with E-state index in [-0.39, 0.29) is 0 Å². The van der Waals surface area contributed by atoms with Crippen molar-refractivity contribution in [3.05, 3.63) is 90.9 Å². The lowest BCUT2D eigenvalue weighted by Gasteiger charge is -2.12. The molecular formula is C25H20N3+. The Labute approximate surface area is 163 Å². The molecule has 0 saturated heterocycles. The van der Waals surface area contributed by atoms with E-state index in [9.17, 15) is 0 Å². The van der Waals surface area contributed by atoms with Crippen LogP contribution in [-0.4, -0.2) is 10.2 Å². The highest BCUT2D eigenvalue weighted by Crippen LogP contribution is 2.35. The quantitative estimate of drug-likeness (QED) is 0.317. The average molecular weight is 362 g/mol. The molecule has 0 amide bonds. The summed E-state index contributed by atoms with van der Waals surface area (Å²) in [5, 5.41) is 13.2. The first kappa shape index (κ1) is 16.6. The van der Waals surface area contributed by atoms with Crippen LogP contribution in [0.2, 0.25) is 0 Å². The van der Waals surface area contributed by atoms with Gasteiger partial charge in [0.05, 0.1) is 12.1 Å². The highest BCUT2D eigenvalue weighted by atomic mass is 15.2. The molecule has 28 heavy (non-hydrogen) atoms. The second-order valence-electron chi connectivity index (χ2n) is 7.19. The lowest BCUT2D eigenvalue weighted by molar-refractivity contribution is -0.664. The van der Waals surface area contributed by atoms with Gasteiger partial charge in [0.1, 0.15) is 6.20 Å². The summed E-state index contributed by atoms with van der Waals surface area (Å²) in [6, 6.07) is 26.2. The fourth-order valence-corrected chi connectivity index (χ4v) is 3.97. The Morgan fingerprint density at radius 3 is 2.46 bits per heavy atom. The third-order valence-corrected chi connectivity index (χ3v) is 5.46. The van der Waals surface area contributed by atoms with E-state index in [2.05, 4.69) is 89.9 Å². The maximum Gasteiger partial charge on any atom is 0.314 e. The summed E-state index contributed by atoms with van der Waals surface area (Å²) in [6.07, 6.45) is 3.56. The molecule has 0 atom stereocenters. The standard InChI is InChI=1S/C25H20N3/c1-17-10-11-19(14-24(17)25-15-26-27-16-28(25)2)21-8-5-9-22-20-7-4-3-6-18(20)12-13-23(21)22/h3-16H,1-2H3/q+1. The monoisotopic (exact) mass is 362 g/mol. The summed E-state index contributed by atoms with van der Waals surface area (Å²) < 4.78 is 2.01. The first-order valence-electron chi connectivity index (χ1n) is 9.40. The van der Waals surface area contributed by atoms with Crippen LogP contribution in [0.3, 0.4) is 0 Å². The Kier molecular flexibility index (Phi) is 3.87. The minimum Gasteiger partial charge on any atom is -0.229 e. The lowest BCUT2D eigenvalue weighted by Crippen LogP contribution is -2.31. The Bertz CT molecular complexity index is 1340. The Morgan fingerprint density at radius 1 is 0.714 bits per heavy atom. The molecule has 0 unspecified atom stereocenters. The minimum absolute atomic E-state index is 1.06. The predicted octanol–water partition coefficient (Wildman–Crippen LogP) is 5.25. The number of aryl methyl sites for hydroxylation is 2. The molecule has 1 heterocycles. The number of hydrogen-bond acceptors (Lipinski definition) is 2. The van der Waals surface area contributed by atoms with Gasteiger partial charge in [0.25, 0.3) is 0 Å². The molecule has 0 aliphatic carbocycles. The van der Waals surface area contributed by atoms with Crippen LogP contribution in [0, 0.1) is 6.92 Å². The zero-order valence-electron chi connectivity index (χ0n) is 15.9. The maximum atomic E-state index is 4.08. The molecule has 0 saturated carbocycles. The maximum absolute atomic E-state index is 4.08. The summed E-state index contributed by atoms with van der Waals surface area (Å²) in [6.45, 7) is 2.14. The molecule has 1 aromatic heterocycles. The fourth-order valence-electron chi connectivity index (χ4n) is 3.97. The van der Waals surface area contributed by atoms with Gasteiger partial charge in [-0.1, -0.05) is 66.7 Å². The molecule has 5 rings (SSSR count). The molecule has 3 heteroatoms. The van der Waals surface area contributed by atoms with Gasteiger partial charge < -0.3 is 0 Å². The third-order valence-electron chi connectivity index (χ3n) is 5.46. The van der Waals surface area contributed by atoms with Crippen LogP contribution in [0.1, 0.15) is 5.56 Å². The largest absolute Gasteiger partial charge is 0.314 e. The van der Waals surface area contributed by atoms with E-state index < -0.39 is 0 Å². The van der Waals surface area contributed by atoms with Crippen LogP contribution in [0.15, 0.2) is 85.3 Å². The number of hydrogen-bond donors (Lipinski definition) is 0. The molecule has 0 N–H and O–H groups in total. The predicted molar refractivity (Wildman–Crippen MR) is 114 cm³/mol. The Hall–Kier alpha value is -3.59. The first-order valence-corrected chi connectivity index (χ1v) is 9.40. The summed E-state index contributed by atoms with van der Waals surface area (Å²) in [7, 11) is 2.00. The molecule has 0 spiro atoms. The van der Waals surface area contributed by atoms with Gasteiger partial charge in [-0.25, -0.2) is 4.57 Å². The summed E-state index contributed by atoms with van der Waals surface area (Å²) in [4.78, 5) is 0. The van der Waals surface area contributed by atoms with Crippen molar-refractivity contribution < 1.29 is 4.57 Å². The van der Waals surface area contributed by atoms with Gasteiger partial charge in [-0.3, -0.25) is 0 Å². The highest BCUT2D eigenvalue weighted by Gasteiger charge is 2.13. The second kappa shape index (κ2) is 6.54. The van der Waals surface area contributed by atoms with Gasteiger partial charge in [-0.2, -0.15) is 0 Å². The van der Waals surface area contributed by atoms with E-state index in [1.54, 1.807) is 6.33 Å². The van der Waals surface area contributed by atoms with E-state index in [4.69, 9.17) is 0 Å². The number of fused-ring (bicyclic) bond motifs is 3. The topological polar surface area (TPSA) is 29.7 Å². The van der Waals surface area contributed by atoms with Gasteiger partial charge in [0.15, 0.2) is 5.69 Å². The van der Waals surface area contributed by atoms with E-state index in [0.717, 1.165) is 5.69 Å². The number of benzene rings is 4. The summed E-state index contributed by atoms with van der Waals surface area (Å²) >= 11 is 0. The first-order chi connectivity index (χ1) is 13.7. The fraction of sp³-hybridized carbons (Fsp3) is 0.0800. The van der Waals surface area contributed by atoms with Gasteiger partial charge in [0.2, 0.25) is 0 Å². The van der Waals surface area contributed by atoms with Crippen LogP contribution in [-0.2, 0) is 7.05 Å². The lowest BCUT2D eigenvalue weighted by atomic mass is 9.92. The average Bonchev–Trinajstić information content (AvgIpc) is 2.74. The number of aromatic nitrogens is 3. The molecule has 3 nitrogen and oxygen atoms in total. The molecule has 5 aromatic rings. The van der Waals surface area contributed by atoms with Crippen LogP contribution < -0.4 is 4.57 Å². The molecule has 4 aromatic carbocycles. The van der Waals surface area contributed by atoms with E-state index in [0.29, 0.717) is 0 Å². The van der Waals surface area contributed by atoms with Crippen molar-refractivity contribution in [2.45, 2.75) is 6.92 Å². The molecule has 0 bridgehead atoms. The normalized spacial score (nSPS) is 11.2. The van der Waals surface area contributed by atoms with Gasteiger partial charge >= 0.3 is 6.33 Å². The third kappa shape index (κ3) is 2.64. The highest BCUT2D eigenvalue weighted by molar-refractivity contribution is 6.12. The van der Waals surface area contributed by atoms with Crippen molar-refractivity contribution in [1.29, 1.82) is 0 Å². The van der Waals surface area contributed by atoms with Crippen LogP contribution >= 0.6 is 0 Å². The van der Waals surface area contributed by atoms with E-state index in [1.165, 1.54) is 43.8 Å². The Morgan fingerprint density at radius 2 is 1.57 bits per heavy atom. The minimum atomic E-state index is 1.06. The molecular weight excluding hydrogens is 342 g/mol. The van der Waals surface area contributed by atoms with Gasteiger partial charge in [0, 0.05) is 5.56 Å². The van der Waals surface area contributed by atoms with Crippen LogP contribution in [0.4, 0.5) is 0 Å². The summed E-state index contributed by atoms with van der Waals surface area (Å²) in [5.74, 6) is 0.